The van der Waals surface area contributed by atoms with Gasteiger partial charge in [-0.1, -0.05) is 66.7 Å². The maximum Gasteiger partial charge on any atom is 0.219 e. The molecule has 0 fully saturated rings. The number of benzene rings is 4. The summed E-state index contributed by atoms with van der Waals surface area (Å²) in [5, 5.41) is 13.4. The Kier molecular flexibility index (Phi) is 6.47. The number of thiazole rings is 1. The van der Waals surface area contributed by atoms with E-state index in [0.29, 0.717) is 15.6 Å². The summed E-state index contributed by atoms with van der Waals surface area (Å²) in [5.74, 6) is 0.355. The minimum Gasteiger partial charge on any atom is -0.858 e. The van der Waals surface area contributed by atoms with Crippen molar-refractivity contribution in [3.05, 3.63) is 146 Å². The zero-order chi connectivity index (χ0) is 27.6. The van der Waals surface area contributed by atoms with Crippen LogP contribution in [0, 0.1) is 0 Å². The smallest absolute Gasteiger partial charge is 0.219 e. The second-order valence-electron chi connectivity index (χ2n) is 9.63. The van der Waals surface area contributed by atoms with Crippen molar-refractivity contribution in [2.24, 2.45) is 0 Å². The van der Waals surface area contributed by atoms with E-state index >= 15 is 0 Å². The van der Waals surface area contributed by atoms with Gasteiger partial charge in [0.1, 0.15) is 0 Å². The predicted octanol–water partition coefficient (Wildman–Crippen LogP) is 8.42. The van der Waals surface area contributed by atoms with Gasteiger partial charge in [-0.15, -0.1) is 11.3 Å². The van der Waals surface area contributed by atoms with Crippen LogP contribution < -0.4 is 9.67 Å². The minimum absolute atomic E-state index is 0.246. The summed E-state index contributed by atoms with van der Waals surface area (Å²) in [6.45, 7) is 0. The van der Waals surface area contributed by atoms with Gasteiger partial charge in [0.15, 0.2) is 10.8 Å². The highest BCUT2D eigenvalue weighted by Crippen LogP contribution is 2.38. The molecule has 0 spiro atoms. The Morgan fingerprint density at radius 1 is 0.561 bits per heavy atom. The molecule has 0 N–H and O–H groups in total. The Morgan fingerprint density at radius 3 is 1.66 bits per heavy atom. The van der Waals surface area contributed by atoms with E-state index in [1.807, 2.05) is 36.4 Å². The second-order valence-corrected chi connectivity index (χ2v) is 10.6. The standard InChI is InChI=1S/C36H24N2O2S/c39-35-34(41-36(37-35)33-17-10-22-40-33)28-18-20-30(21-19-28)38-31(26-13-6-2-7-14-26)23-29(25-11-4-1-5-12-25)24-32(38)27-15-8-3-9-16-27/h1-24H. The van der Waals surface area contributed by atoms with Crippen LogP contribution in [0.1, 0.15) is 0 Å². The minimum atomic E-state index is -0.246. The fraction of sp³-hybridized carbons (Fsp3) is 0. The molecule has 7 rings (SSSR count). The van der Waals surface area contributed by atoms with Crippen LogP contribution >= 0.6 is 11.3 Å². The maximum absolute atomic E-state index is 12.8. The van der Waals surface area contributed by atoms with E-state index in [-0.39, 0.29) is 5.88 Å². The predicted molar refractivity (Wildman–Crippen MR) is 163 cm³/mol. The molecule has 0 aliphatic heterocycles. The molecule has 0 unspecified atom stereocenters. The SMILES string of the molecule is [O-]c1nc(-c2ccco2)sc1-c1ccc(-[n+]2c(-c3ccccc3)cc(-c3ccccc3)cc2-c2ccccc2)cc1. The number of hydrogen-bond acceptors (Lipinski definition) is 4. The summed E-state index contributed by atoms with van der Waals surface area (Å²) in [6.07, 6.45) is 1.59. The molecule has 3 aromatic heterocycles. The van der Waals surface area contributed by atoms with Gasteiger partial charge in [0.05, 0.1) is 6.26 Å². The molecule has 0 bridgehead atoms. The average Bonchev–Trinajstić information content (AvgIpc) is 3.72. The monoisotopic (exact) mass is 548 g/mol. The summed E-state index contributed by atoms with van der Waals surface area (Å²) in [7, 11) is 0. The number of rotatable bonds is 6. The lowest BCUT2D eigenvalue weighted by molar-refractivity contribution is -0.572. The zero-order valence-corrected chi connectivity index (χ0v) is 22.8. The number of furan rings is 1. The molecule has 196 valence electrons. The molecule has 4 nitrogen and oxygen atoms in total. The van der Waals surface area contributed by atoms with Crippen LogP contribution in [-0.2, 0) is 0 Å². The number of aromatic nitrogens is 2. The maximum atomic E-state index is 12.8. The summed E-state index contributed by atoms with van der Waals surface area (Å²) in [6, 6.07) is 47.6. The lowest BCUT2D eigenvalue weighted by atomic mass is 9.98. The highest BCUT2D eigenvalue weighted by molar-refractivity contribution is 7.18. The molecular weight excluding hydrogens is 524 g/mol. The van der Waals surface area contributed by atoms with E-state index in [4.69, 9.17) is 4.42 Å². The van der Waals surface area contributed by atoms with Crippen LogP contribution in [0.25, 0.3) is 60.5 Å². The van der Waals surface area contributed by atoms with Gasteiger partial charge in [-0.05, 0) is 65.2 Å². The first kappa shape index (κ1) is 24.8. The third-order valence-corrected chi connectivity index (χ3v) is 8.13. The number of hydrogen-bond donors (Lipinski definition) is 0. The molecular formula is C36H24N2O2S. The molecule has 0 atom stereocenters. The van der Waals surface area contributed by atoms with Crippen molar-refractivity contribution in [1.29, 1.82) is 0 Å². The van der Waals surface area contributed by atoms with Gasteiger partial charge in [0.25, 0.3) is 0 Å². The molecule has 0 amide bonds. The van der Waals surface area contributed by atoms with Crippen LogP contribution in [0.4, 0.5) is 0 Å². The van der Waals surface area contributed by atoms with Gasteiger partial charge in [-0.3, -0.25) is 0 Å². The Hall–Kier alpha value is -5.26. The first-order valence-electron chi connectivity index (χ1n) is 13.3. The molecule has 41 heavy (non-hydrogen) atoms. The van der Waals surface area contributed by atoms with Crippen molar-refractivity contribution >= 4 is 11.3 Å². The van der Waals surface area contributed by atoms with Crippen molar-refractivity contribution in [2.45, 2.75) is 0 Å². The van der Waals surface area contributed by atoms with Crippen molar-refractivity contribution in [3.63, 3.8) is 0 Å². The van der Waals surface area contributed by atoms with E-state index in [1.54, 1.807) is 12.3 Å². The number of pyridine rings is 1. The third kappa shape index (κ3) is 4.84. The highest BCUT2D eigenvalue weighted by atomic mass is 32.1. The van der Waals surface area contributed by atoms with Crippen LogP contribution in [0.3, 0.4) is 0 Å². The van der Waals surface area contributed by atoms with Crippen LogP contribution in [-0.4, -0.2) is 4.98 Å². The molecule has 5 heteroatoms. The molecule has 3 heterocycles. The van der Waals surface area contributed by atoms with Crippen LogP contribution in [0.2, 0.25) is 0 Å². The molecule has 0 aliphatic rings. The van der Waals surface area contributed by atoms with Gasteiger partial charge in [0.2, 0.25) is 17.1 Å². The van der Waals surface area contributed by atoms with Gasteiger partial charge in [0, 0.05) is 46.1 Å². The topological polar surface area (TPSA) is 53.0 Å². The van der Waals surface area contributed by atoms with Crippen molar-refractivity contribution in [3.8, 4) is 66.4 Å². The van der Waals surface area contributed by atoms with Crippen molar-refractivity contribution in [2.75, 3.05) is 0 Å². The number of nitrogens with zero attached hydrogens (tertiary/aromatic N) is 2. The molecule has 0 radical (unpaired) electrons. The first-order valence-corrected chi connectivity index (χ1v) is 14.2. The van der Waals surface area contributed by atoms with E-state index in [1.165, 1.54) is 11.3 Å². The lowest BCUT2D eigenvalue weighted by Gasteiger charge is -2.13. The van der Waals surface area contributed by atoms with Crippen molar-refractivity contribution < 1.29 is 14.1 Å². The van der Waals surface area contributed by atoms with E-state index in [9.17, 15) is 5.11 Å². The van der Waals surface area contributed by atoms with Gasteiger partial charge >= 0.3 is 0 Å². The van der Waals surface area contributed by atoms with Crippen LogP contribution in [0.5, 0.6) is 5.88 Å². The summed E-state index contributed by atoms with van der Waals surface area (Å²) >= 11 is 1.35. The van der Waals surface area contributed by atoms with Gasteiger partial charge < -0.3 is 9.52 Å². The molecule has 4 aromatic carbocycles. The summed E-state index contributed by atoms with van der Waals surface area (Å²) < 4.78 is 7.75. The van der Waals surface area contributed by atoms with Crippen molar-refractivity contribution in [1.82, 2.24) is 4.98 Å². The lowest BCUT2D eigenvalue weighted by Crippen LogP contribution is -2.36. The Bertz CT molecular complexity index is 1850. The molecule has 0 aliphatic carbocycles. The second kappa shape index (κ2) is 10.7. The molecule has 0 saturated carbocycles. The highest BCUT2D eigenvalue weighted by Gasteiger charge is 2.25. The fourth-order valence-corrected chi connectivity index (χ4v) is 5.99. The summed E-state index contributed by atoms with van der Waals surface area (Å²) in [5.41, 5.74) is 8.49. The Labute approximate surface area is 242 Å². The zero-order valence-electron chi connectivity index (χ0n) is 22.0. The van der Waals surface area contributed by atoms with Gasteiger partial charge in [-0.2, -0.15) is 4.57 Å². The third-order valence-electron chi connectivity index (χ3n) is 7.03. The van der Waals surface area contributed by atoms with Crippen LogP contribution in [0.15, 0.2) is 150 Å². The Balaban J connectivity index is 1.41. The first-order chi connectivity index (χ1) is 20.2. The normalized spacial score (nSPS) is 11.0. The summed E-state index contributed by atoms with van der Waals surface area (Å²) in [4.78, 5) is 4.82. The Morgan fingerprint density at radius 2 is 1.12 bits per heavy atom. The largest absolute Gasteiger partial charge is 0.858 e. The van der Waals surface area contributed by atoms with E-state index in [0.717, 1.165) is 44.9 Å². The van der Waals surface area contributed by atoms with Gasteiger partial charge in [-0.25, -0.2) is 4.98 Å². The van der Waals surface area contributed by atoms with E-state index < -0.39 is 0 Å². The molecule has 0 saturated heterocycles. The quantitative estimate of drug-likeness (QED) is 0.196. The average molecular weight is 549 g/mol. The fourth-order valence-electron chi connectivity index (χ4n) is 5.07. The molecule has 7 aromatic rings. The van der Waals surface area contributed by atoms with E-state index in [2.05, 4.69) is 107 Å².